The van der Waals surface area contributed by atoms with E-state index in [1.165, 1.54) is 26.5 Å². The fourth-order valence-corrected chi connectivity index (χ4v) is 5.44. The summed E-state index contributed by atoms with van der Waals surface area (Å²) in [6, 6.07) is 6.96. The number of carbonyl (C=O) groups excluding carboxylic acids is 2. The number of rotatable bonds is 12. The molecule has 0 saturated carbocycles. The number of para-hydroxylation sites is 1. The minimum Gasteiger partial charge on any atom is -0.460 e. The fraction of sp³-hybridized carbons (Fsp3) is 0.480. The highest BCUT2D eigenvalue weighted by Gasteiger charge is 2.40. The smallest absolute Gasteiger partial charge is 0.459 e. The van der Waals surface area contributed by atoms with E-state index in [1.807, 2.05) is 0 Å². The van der Waals surface area contributed by atoms with Crippen LogP contribution in [0.25, 0.3) is 11.2 Å². The quantitative estimate of drug-likeness (QED) is 0.204. The average molecular weight is 593 g/mol. The molecular weight excluding hydrogens is 559 g/mol. The van der Waals surface area contributed by atoms with Crippen molar-refractivity contribution in [2.45, 2.75) is 70.8 Å². The molecule has 0 bridgehead atoms. The minimum absolute atomic E-state index is 0.160. The second kappa shape index (κ2) is 12.9. The summed E-state index contributed by atoms with van der Waals surface area (Å²) in [7, 11) is -4.26. The third-order valence-corrected chi connectivity index (χ3v) is 7.60. The van der Waals surface area contributed by atoms with Gasteiger partial charge in [-0.2, -0.15) is 5.09 Å². The SMILES string of the molecule is CC(C)OC(=O)[C@H](C)OC(=O)[C@H](C)N[P@](=O)(OC[C@@H]1O[C@H](n2cnc3c(N)ncnc32)C[C@H]1O)Oc1ccccc1. The van der Waals surface area contributed by atoms with Crippen LogP contribution in [0.2, 0.25) is 0 Å². The van der Waals surface area contributed by atoms with Crippen LogP contribution in [0, 0.1) is 0 Å². The van der Waals surface area contributed by atoms with E-state index in [2.05, 4.69) is 20.0 Å². The maximum atomic E-state index is 13.8. The van der Waals surface area contributed by atoms with Crippen molar-refractivity contribution in [2.75, 3.05) is 12.3 Å². The summed E-state index contributed by atoms with van der Waals surface area (Å²) in [4.78, 5) is 37.0. The van der Waals surface area contributed by atoms with Crippen LogP contribution in [-0.2, 0) is 32.9 Å². The van der Waals surface area contributed by atoms with Crippen molar-refractivity contribution in [1.82, 2.24) is 24.6 Å². The Kier molecular flexibility index (Phi) is 9.56. The number of nitrogens with zero attached hydrogens (tertiary/aromatic N) is 4. The molecule has 0 unspecified atom stereocenters. The van der Waals surface area contributed by atoms with Gasteiger partial charge in [0, 0.05) is 6.42 Å². The summed E-state index contributed by atoms with van der Waals surface area (Å²) >= 11 is 0. The van der Waals surface area contributed by atoms with Gasteiger partial charge in [-0.25, -0.2) is 24.3 Å². The maximum Gasteiger partial charge on any atom is 0.459 e. The van der Waals surface area contributed by atoms with Crippen LogP contribution in [0.3, 0.4) is 0 Å². The Morgan fingerprint density at radius 1 is 1.15 bits per heavy atom. The predicted octanol–water partition coefficient (Wildman–Crippen LogP) is 2.12. The predicted molar refractivity (Wildman–Crippen MR) is 144 cm³/mol. The van der Waals surface area contributed by atoms with Gasteiger partial charge in [0.2, 0.25) is 0 Å². The lowest BCUT2D eigenvalue weighted by molar-refractivity contribution is -0.169. The molecule has 1 aliphatic rings. The van der Waals surface area contributed by atoms with Gasteiger partial charge in [0.05, 0.1) is 25.1 Å². The molecule has 222 valence electrons. The molecule has 6 atom stereocenters. The van der Waals surface area contributed by atoms with Crippen LogP contribution in [0.15, 0.2) is 43.0 Å². The lowest BCUT2D eigenvalue weighted by Crippen LogP contribution is -2.39. The van der Waals surface area contributed by atoms with Crippen molar-refractivity contribution in [2.24, 2.45) is 0 Å². The molecule has 1 aliphatic heterocycles. The second-order valence-electron chi connectivity index (χ2n) is 9.63. The average Bonchev–Trinajstić information content (AvgIpc) is 3.51. The van der Waals surface area contributed by atoms with Gasteiger partial charge >= 0.3 is 19.7 Å². The number of hydrogen-bond acceptors (Lipinski definition) is 13. The highest BCUT2D eigenvalue weighted by molar-refractivity contribution is 7.52. The van der Waals surface area contributed by atoms with Crippen LogP contribution in [0.5, 0.6) is 5.75 Å². The molecule has 4 rings (SSSR count). The summed E-state index contributed by atoms with van der Waals surface area (Å²) in [5.41, 5.74) is 6.68. The van der Waals surface area contributed by atoms with Gasteiger partial charge in [0.15, 0.2) is 17.6 Å². The standard InChI is InChI=1S/C25H33N6O9P/c1-14(2)37-25(34)16(4)38-24(33)15(3)30-41(35,40-17-8-6-5-7-9-17)36-11-19-18(32)10-20(39-19)31-13-29-21-22(26)27-12-28-23(21)31/h5-9,12-16,18-20,32H,10-11H2,1-4H3,(H,30,35)(H2,26,27,28)/t15-,16-,18+,19-,20-,41-/m0/s1. The number of carbonyl (C=O) groups is 2. The Hall–Kier alpha value is -3.62. The Labute approximate surface area is 235 Å². The molecule has 1 fully saturated rings. The molecule has 16 heteroatoms. The first-order valence-electron chi connectivity index (χ1n) is 12.9. The van der Waals surface area contributed by atoms with Crippen LogP contribution < -0.4 is 15.3 Å². The Morgan fingerprint density at radius 2 is 1.88 bits per heavy atom. The van der Waals surface area contributed by atoms with E-state index >= 15 is 0 Å². The van der Waals surface area contributed by atoms with Crippen LogP contribution in [0.4, 0.5) is 5.82 Å². The van der Waals surface area contributed by atoms with Gasteiger partial charge in [-0.1, -0.05) is 18.2 Å². The summed E-state index contributed by atoms with van der Waals surface area (Å²) in [6.07, 6.45) is -1.23. The van der Waals surface area contributed by atoms with Crippen molar-refractivity contribution in [1.29, 1.82) is 0 Å². The summed E-state index contributed by atoms with van der Waals surface area (Å²) < 4.78 is 42.9. The number of fused-ring (bicyclic) bond motifs is 1. The van der Waals surface area contributed by atoms with Crippen molar-refractivity contribution < 1.29 is 42.5 Å². The molecule has 3 heterocycles. The Balaban J connectivity index is 1.43. The molecule has 0 spiro atoms. The highest BCUT2D eigenvalue weighted by atomic mass is 31.2. The molecule has 2 aromatic heterocycles. The van der Waals surface area contributed by atoms with Gasteiger partial charge < -0.3 is 29.6 Å². The van der Waals surface area contributed by atoms with Gasteiger partial charge in [0.1, 0.15) is 36.0 Å². The lowest BCUT2D eigenvalue weighted by atomic mass is 10.2. The largest absolute Gasteiger partial charge is 0.460 e. The number of aliphatic hydroxyl groups excluding tert-OH is 1. The van der Waals surface area contributed by atoms with E-state index < -0.39 is 56.4 Å². The third-order valence-electron chi connectivity index (χ3n) is 5.96. The summed E-state index contributed by atoms with van der Waals surface area (Å²) in [5.74, 6) is -1.20. The number of benzene rings is 1. The van der Waals surface area contributed by atoms with E-state index in [9.17, 15) is 19.3 Å². The van der Waals surface area contributed by atoms with E-state index in [0.29, 0.717) is 11.2 Å². The first-order chi connectivity index (χ1) is 19.5. The molecular formula is C25H33N6O9P. The number of nitrogen functional groups attached to an aromatic ring is 1. The van der Waals surface area contributed by atoms with Gasteiger partial charge in [0.25, 0.3) is 0 Å². The Morgan fingerprint density at radius 3 is 2.59 bits per heavy atom. The molecule has 4 N–H and O–H groups in total. The topological polar surface area (TPSA) is 199 Å². The molecule has 15 nitrogen and oxygen atoms in total. The first kappa shape index (κ1) is 30.3. The maximum absolute atomic E-state index is 13.8. The van der Waals surface area contributed by atoms with Crippen LogP contribution >= 0.6 is 7.75 Å². The molecule has 3 aromatic rings. The lowest BCUT2D eigenvalue weighted by Gasteiger charge is -2.25. The minimum atomic E-state index is -4.26. The number of anilines is 1. The van der Waals surface area contributed by atoms with E-state index in [1.54, 1.807) is 48.7 Å². The number of aliphatic hydroxyl groups is 1. The third kappa shape index (κ3) is 7.57. The zero-order valence-corrected chi connectivity index (χ0v) is 23.8. The van der Waals surface area contributed by atoms with Gasteiger partial charge in [-0.05, 0) is 39.8 Å². The van der Waals surface area contributed by atoms with Gasteiger partial charge in [-0.15, -0.1) is 0 Å². The molecule has 0 amide bonds. The number of nitrogens with one attached hydrogen (secondary N) is 1. The second-order valence-corrected chi connectivity index (χ2v) is 11.3. The highest BCUT2D eigenvalue weighted by Crippen LogP contribution is 2.46. The van der Waals surface area contributed by atoms with E-state index in [-0.39, 0.29) is 24.6 Å². The monoisotopic (exact) mass is 592 g/mol. The molecule has 1 saturated heterocycles. The number of nitrogens with two attached hydrogens (primary N) is 1. The van der Waals surface area contributed by atoms with Crippen molar-refractivity contribution in [3.8, 4) is 5.75 Å². The molecule has 1 aromatic carbocycles. The zero-order chi connectivity index (χ0) is 29.7. The van der Waals surface area contributed by atoms with E-state index in [4.69, 9.17) is 29.0 Å². The summed E-state index contributed by atoms with van der Waals surface area (Å²) in [6.45, 7) is 5.71. The van der Waals surface area contributed by atoms with Crippen molar-refractivity contribution in [3.63, 3.8) is 0 Å². The summed E-state index contributed by atoms with van der Waals surface area (Å²) in [5, 5.41) is 13.2. The number of hydrogen-bond donors (Lipinski definition) is 3. The number of aromatic nitrogens is 4. The first-order valence-corrected chi connectivity index (χ1v) is 14.4. The van der Waals surface area contributed by atoms with Gasteiger partial charge in [-0.3, -0.25) is 13.9 Å². The van der Waals surface area contributed by atoms with E-state index in [0.717, 1.165) is 0 Å². The number of imidazole rings is 1. The van der Waals surface area contributed by atoms with Crippen molar-refractivity contribution in [3.05, 3.63) is 43.0 Å². The number of ether oxygens (including phenoxy) is 3. The molecule has 0 aliphatic carbocycles. The zero-order valence-electron chi connectivity index (χ0n) is 22.9. The normalized spacial score (nSPS) is 21.8. The van der Waals surface area contributed by atoms with Crippen molar-refractivity contribution >= 4 is 36.7 Å². The Bertz CT molecular complexity index is 1400. The molecule has 0 radical (unpaired) electrons. The van der Waals surface area contributed by atoms with Crippen LogP contribution in [-0.4, -0.2) is 73.6 Å². The fourth-order valence-electron chi connectivity index (χ4n) is 3.94. The number of esters is 2. The molecule has 41 heavy (non-hydrogen) atoms. The van der Waals surface area contributed by atoms with Crippen LogP contribution in [0.1, 0.15) is 40.3 Å².